The van der Waals surface area contributed by atoms with E-state index in [1.54, 1.807) is 7.11 Å². The van der Waals surface area contributed by atoms with Gasteiger partial charge in [-0.15, -0.1) is 0 Å². The van der Waals surface area contributed by atoms with Crippen molar-refractivity contribution in [1.29, 1.82) is 0 Å². The molecule has 5 heteroatoms. The van der Waals surface area contributed by atoms with Crippen molar-refractivity contribution >= 4 is 5.91 Å². The first-order chi connectivity index (χ1) is 10.5. The molecule has 2 atom stereocenters. The fraction of sp³-hybridized carbons (Fsp3) is 0.588. The fourth-order valence-electron chi connectivity index (χ4n) is 3.00. The minimum atomic E-state index is -0.105. The zero-order chi connectivity index (χ0) is 16.3. The molecule has 1 heterocycles. The smallest absolute Gasteiger partial charge is 0.223 e. The van der Waals surface area contributed by atoms with Crippen LogP contribution in [-0.2, 0) is 4.79 Å². The highest BCUT2D eigenvalue weighted by Gasteiger charge is 2.34. The minimum absolute atomic E-state index is 0.0492. The molecular formula is C17H26N2O3. The maximum Gasteiger partial charge on any atom is 0.223 e. The third kappa shape index (κ3) is 3.35. The lowest BCUT2D eigenvalue weighted by Crippen LogP contribution is -2.48. The van der Waals surface area contributed by atoms with Crippen LogP contribution in [0.2, 0.25) is 0 Å². The van der Waals surface area contributed by atoms with Crippen molar-refractivity contribution in [3.63, 3.8) is 0 Å². The van der Waals surface area contributed by atoms with Crippen molar-refractivity contribution in [2.24, 2.45) is 5.73 Å². The van der Waals surface area contributed by atoms with Gasteiger partial charge in [0.05, 0.1) is 19.3 Å². The van der Waals surface area contributed by atoms with E-state index in [4.69, 9.17) is 15.2 Å². The topological polar surface area (TPSA) is 64.8 Å². The van der Waals surface area contributed by atoms with Crippen LogP contribution in [0.25, 0.3) is 0 Å². The SMILES string of the molecule is CCN1C(=O)CCC(N)C1c1ccc(OC)c(OC(C)C)c1. The zero-order valence-electron chi connectivity index (χ0n) is 13.8. The predicted octanol–water partition coefficient (Wildman–Crippen LogP) is 2.49. The molecule has 5 nitrogen and oxygen atoms in total. The molecule has 0 saturated carbocycles. The first kappa shape index (κ1) is 16.6. The van der Waals surface area contributed by atoms with E-state index in [1.807, 2.05) is 43.9 Å². The highest BCUT2D eigenvalue weighted by Crippen LogP contribution is 2.36. The summed E-state index contributed by atoms with van der Waals surface area (Å²) in [6, 6.07) is 5.64. The Morgan fingerprint density at radius 2 is 2.09 bits per heavy atom. The Bertz CT molecular complexity index is 531. The molecule has 22 heavy (non-hydrogen) atoms. The molecule has 0 bridgehead atoms. The van der Waals surface area contributed by atoms with Crippen molar-refractivity contribution in [2.75, 3.05) is 13.7 Å². The quantitative estimate of drug-likeness (QED) is 0.907. The molecule has 0 radical (unpaired) electrons. The van der Waals surface area contributed by atoms with Gasteiger partial charge in [-0.25, -0.2) is 0 Å². The van der Waals surface area contributed by atoms with Gasteiger partial charge >= 0.3 is 0 Å². The Hall–Kier alpha value is -1.75. The molecule has 2 N–H and O–H groups in total. The Morgan fingerprint density at radius 1 is 1.36 bits per heavy atom. The average molecular weight is 306 g/mol. The second kappa shape index (κ2) is 7.01. The van der Waals surface area contributed by atoms with Gasteiger partial charge in [-0.2, -0.15) is 0 Å². The van der Waals surface area contributed by atoms with Crippen LogP contribution in [0.1, 0.15) is 45.2 Å². The van der Waals surface area contributed by atoms with Crippen LogP contribution in [-0.4, -0.2) is 36.6 Å². The summed E-state index contributed by atoms with van der Waals surface area (Å²) in [5, 5.41) is 0. The summed E-state index contributed by atoms with van der Waals surface area (Å²) in [5.41, 5.74) is 7.29. The highest BCUT2D eigenvalue weighted by atomic mass is 16.5. The van der Waals surface area contributed by atoms with Crippen molar-refractivity contribution in [1.82, 2.24) is 4.90 Å². The van der Waals surface area contributed by atoms with Gasteiger partial charge in [0, 0.05) is 19.0 Å². The Morgan fingerprint density at radius 3 is 2.68 bits per heavy atom. The molecular weight excluding hydrogens is 280 g/mol. The van der Waals surface area contributed by atoms with Crippen LogP contribution >= 0.6 is 0 Å². The number of amides is 1. The molecule has 1 aromatic rings. The standard InChI is InChI=1S/C17H26N2O3/c1-5-19-16(20)9-7-13(18)17(19)12-6-8-14(21-4)15(10-12)22-11(2)3/h6,8,10-11,13,17H,5,7,9,18H2,1-4H3. The first-order valence-electron chi connectivity index (χ1n) is 7.87. The van der Waals surface area contributed by atoms with Gasteiger partial charge in [0.2, 0.25) is 5.91 Å². The van der Waals surface area contributed by atoms with E-state index in [0.717, 1.165) is 5.56 Å². The average Bonchev–Trinajstić information content (AvgIpc) is 2.48. The molecule has 1 aliphatic rings. The lowest BCUT2D eigenvalue weighted by Gasteiger charge is -2.39. The van der Waals surface area contributed by atoms with Crippen molar-refractivity contribution in [2.45, 2.75) is 51.8 Å². The van der Waals surface area contributed by atoms with E-state index in [9.17, 15) is 4.79 Å². The lowest BCUT2D eigenvalue weighted by molar-refractivity contribution is -0.137. The number of piperidine rings is 1. The summed E-state index contributed by atoms with van der Waals surface area (Å²) in [5.74, 6) is 1.55. The van der Waals surface area contributed by atoms with Crippen molar-refractivity contribution < 1.29 is 14.3 Å². The lowest BCUT2D eigenvalue weighted by atomic mass is 9.90. The zero-order valence-corrected chi connectivity index (χ0v) is 13.8. The molecule has 0 aliphatic carbocycles. The monoisotopic (exact) mass is 306 g/mol. The number of ether oxygens (including phenoxy) is 2. The van der Waals surface area contributed by atoms with Gasteiger partial charge in [0.1, 0.15) is 0 Å². The number of benzene rings is 1. The highest BCUT2D eigenvalue weighted by molar-refractivity contribution is 5.78. The number of methoxy groups -OCH3 is 1. The van der Waals surface area contributed by atoms with Crippen LogP contribution in [0, 0.1) is 0 Å². The summed E-state index contributed by atoms with van der Waals surface area (Å²) < 4.78 is 11.2. The molecule has 2 rings (SSSR count). The molecule has 1 fully saturated rings. The summed E-state index contributed by atoms with van der Waals surface area (Å²) in [4.78, 5) is 14.0. The number of carbonyl (C=O) groups is 1. The molecule has 2 unspecified atom stereocenters. The molecule has 0 spiro atoms. The molecule has 0 aromatic heterocycles. The second-order valence-electron chi connectivity index (χ2n) is 5.90. The van der Waals surface area contributed by atoms with E-state index < -0.39 is 0 Å². The maximum atomic E-state index is 12.2. The minimum Gasteiger partial charge on any atom is -0.493 e. The van der Waals surface area contributed by atoms with Crippen LogP contribution in [0.4, 0.5) is 0 Å². The van der Waals surface area contributed by atoms with Crippen LogP contribution < -0.4 is 15.2 Å². The van der Waals surface area contributed by atoms with E-state index in [1.165, 1.54) is 0 Å². The number of likely N-dealkylation sites (tertiary alicyclic amines) is 1. The van der Waals surface area contributed by atoms with Crippen molar-refractivity contribution in [3.8, 4) is 11.5 Å². The van der Waals surface area contributed by atoms with Gasteiger partial charge in [-0.1, -0.05) is 6.07 Å². The van der Waals surface area contributed by atoms with Crippen molar-refractivity contribution in [3.05, 3.63) is 23.8 Å². The Kier molecular flexibility index (Phi) is 5.29. The number of carbonyl (C=O) groups excluding carboxylic acids is 1. The van der Waals surface area contributed by atoms with E-state index in [2.05, 4.69) is 0 Å². The molecule has 122 valence electrons. The number of nitrogens with zero attached hydrogens (tertiary/aromatic N) is 1. The molecule has 1 aromatic carbocycles. The normalized spacial score (nSPS) is 22.1. The number of hydrogen-bond donors (Lipinski definition) is 1. The molecule has 1 saturated heterocycles. The van der Waals surface area contributed by atoms with E-state index >= 15 is 0 Å². The third-order valence-corrected chi connectivity index (χ3v) is 3.99. The largest absolute Gasteiger partial charge is 0.493 e. The van der Waals surface area contributed by atoms with Crippen LogP contribution in [0.5, 0.6) is 11.5 Å². The molecule has 1 amide bonds. The Balaban J connectivity index is 2.39. The van der Waals surface area contributed by atoms with Gasteiger partial charge in [-0.3, -0.25) is 4.79 Å². The maximum absolute atomic E-state index is 12.2. The summed E-state index contributed by atoms with van der Waals surface area (Å²) >= 11 is 0. The number of hydrogen-bond acceptors (Lipinski definition) is 4. The second-order valence-corrected chi connectivity index (χ2v) is 5.90. The predicted molar refractivity (Wildman–Crippen MR) is 86.1 cm³/mol. The summed E-state index contributed by atoms with van der Waals surface area (Å²) in [6.07, 6.45) is 1.29. The van der Waals surface area contributed by atoms with Gasteiger partial charge in [0.25, 0.3) is 0 Å². The van der Waals surface area contributed by atoms with Gasteiger partial charge < -0.3 is 20.1 Å². The van der Waals surface area contributed by atoms with Crippen LogP contribution in [0.15, 0.2) is 18.2 Å². The van der Waals surface area contributed by atoms with E-state index in [0.29, 0.717) is 30.9 Å². The fourth-order valence-corrected chi connectivity index (χ4v) is 3.00. The molecule has 1 aliphatic heterocycles. The number of nitrogens with two attached hydrogens (primary N) is 1. The van der Waals surface area contributed by atoms with Gasteiger partial charge in [-0.05, 0) is 44.9 Å². The Labute approximate surface area is 132 Å². The van der Waals surface area contributed by atoms with Crippen LogP contribution in [0.3, 0.4) is 0 Å². The van der Waals surface area contributed by atoms with Gasteiger partial charge in [0.15, 0.2) is 11.5 Å². The summed E-state index contributed by atoms with van der Waals surface area (Å²) in [7, 11) is 1.62. The number of rotatable bonds is 5. The third-order valence-electron chi connectivity index (χ3n) is 3.99. The number of likely N-dealkylation sites (N-methyl/N-ethyl adjacent to an activating group) is 1. The first-order valence-corrected chi connectivity index (χ1v) is 7.87. The van der Waals surface area contributed by atoms with E-state index in [-0.39, 0.29) is 24.1 Å². The summed E-state index contributed by atoms with van der Waals surface area (Å²) in [6.45, 7) is 6.59.